The van der Waals surface area contributed by atoms with Crippen molar-refractivity contribution in [3.8, 4) is 0 Å². The summed E-state index contributed by atoms with van der Waals surface area (Å²) in [6.07, 6.45) is 4.29. The molecule has 2 N–H and O–H groups in total. The zero-order chi connectivity index (χ0) is 10.4. The Hall–Kier alpha value is -0.870. The molecule has 1 heterocycles. The van der Waals surface area contributed by atoms with Crippen LogP contribution in [-0.2, 0) is 0 Å². The Labute approximate surface area is 88.3 Å². The van der Waals surface area contributed by atoms with E-state index in [0.29, 0.717) is 23.9 Å². The standard InChI is InChI=1S/C9H14ClN3O/c1-2-7(14)3-4-12-9-6-11-5-8(10)13-9/h5-7,14H,2-4H2,1H3,(H,12,13). The first kappa shape index (κ1) is 11.2. The zero-order valence-corrected chi connectivity index (χ0v) is 8.83. The topological polar surface area (TPSA) is 58.0 Å². The van der Waals surface area contributed by atoms with Crippen LogP contribution < -0.4 is 5.32 Å². The molecule has 1 aromatic rings. The van der Waals surface area contributed by atoms with Gasteiger partial charge in [-0.05, 0) is 12.8 Å². The maximum Gasteiger partial charge on any atom is 0.149 e. The largest absolute Gasteiger partial charge is 0.393 e. The fourth-order valence-corrected chi connectivity index (χ4v) is 1.15. The summed E-state index contributed by atoms with van der Waals surface area (Å²) in [6, 6.07) is 0. The van der Waals surface area contributed by atoms with Gasteiger partial charge in [0.1, 0.15) is 11.0 Å². The molecule has 0 fully saturated rings. The lowest BCUT2D eigenvalue weighted by atomic mass is 10.2. The van der Waals surface area contributed by atoms with Crippen molar-refractivity contribution < 1.29 is 5.11 Å². The average molecular weight is 216 g/mol. The Morgan fingerprint density at radius 1 is 1.57 bits per heavy atom. The Kier molecular flexibility index (Phi) is 4.62. The van der Waals surface area contributed by atoms with E-state index in [1.54, 1.807) is 6.20 Å². The van der Waals surface area contributed by atoms with Gasteiger partial charge in [-0.1, -0.05) is 18.5 Å². The maximum atomic E-state index is 9.29. The van der Waals surface area contributed by atoms with E-state index in [0.717, 1.165) is 6.42 Å². The molecule has 4 nitrogen and oxygen atoms in total. The van der Waals surface area contributed by atoms with Crippen molar-refractivity contribution in [3.05, 3.63) is 17.5 Å². The molecule has 5 heteroatoms. The molecule has 0 saturated heterocycles. The third kappa shape index (κ3) is 3.89. The fraction of sp³-hybridized carbons (Fsp3) is 0.556. The highest BCUT2D eigenvalue weighted by Gasteiger charge is 2.00. The van der Waals surface area contributed by atoms with Gasteiger partial charge in [0.25, 0.3) is 0 Å². The summed E-state index contributed by atoms with van der Waals surface area (Å²) < 4.78 is 0. The molecule has 78 valence electrons. The van der Waals surface area contributed by atoms with Gasteiger partial charge in [-0.2, -0.15) is 0 Å². The second kappa shape index (κ2) is 5.78. The van der Waals surface area contributed by atoms with Gasteiger partial charge >= 0.3 is 0 Å². The van der Waals surface area contributed by atoms with Gasteiger partial charge in [0.15, 0.2) is 0 Å². The Balaban J connectivity index is 2.31. The van der Waals surface area contributed by atoms with E-state index >= 15 is 0 Å². The minimum Gasteiger partial charge on any atom is -0.393 e. The van der Waals surface area contributed by atoms with Crippen molar-refractivity contribution in [2.24, 2.45) is 0 Å². The molecule has 0 bridgehead atoms. The molecule has 0 radical (unpaired) electrons. The van der Waals surface area contributed by atoms with Crippen molar-refractivity contribution in [2.75, 3.05) is 11.9 Å². The molecule has 0 aliphatic carbocycles. The summed E-state index contributed by atoms with van der Waals surface area (Å²) in [4.78, 5) is 7.89. The summed E-state index contributed by atoms with van der Waals surface area (Å²) in [7, 11) is 0. The van der Waals surface area contributed by atoms with E-state index in [-0.39, 0.29) is 6.10 Å². The van der Waals surface area contributed by atoms with Gasteiger partial charge in [0, 0.05) is 6.54 Å². The number of aromatic nitrogens is 2. The van der Waals surface area contributed by atoms with Gasteiger partial charge in [0.05, 0.1) is 18.5 Å². The van der Waals surface area contributed by atoms with E-state index in [1.165, 1.54) is 6.20 Å². The van der Waals surface area contributed by atoms with Crippen LogP contribution in [0.2, 0.25) is 5.15 Å². The van der Waals surface area contributed by atoms with Crippen LogP contribution in [0.3, 0.4) is 0 Å². The Morgan fingerprint density at radius 2 is 2.36 bits per heavy atom. The summed E-state index contributed by atoms with van der Waals surface area (Å²) in [6.45, 7) is 2.62. The Morgan fingerprint density at radius 3 is 3.00 bits per heavy atom. The van der Waals surface area contributed by atoms with Crippen LogP contribution in [0.1, 0.15) is 19.8 Å². The molecular formula is C9H14ClN3O. The number of rotatable bonds is 5. The van der Waals surface area contributed by atoms with Gasteiger partial charge in [-0.3, -0.25) is 4.98 Å². The van der Waals surface area contributed by atoms with E-state index in [2.05, 4.69) is 15.3 Å². The number of nitrogens with zero attached hydrogens (tertiary/aromatic N) is 2. The van der Waals surface area contributed by atoms with Crippen molar-refractivity contribution in [1.29, 1.82) is 0 Å². The van der Waals surface area contributed by atoms with Crippen LogP contribution in [0.25, 0.3) is 0 Å². The van der Waals surface area contributed by atoms with Crippen LogP contribution in [0, 0.1) is 0 Å². The van der Waals surface area contributed by atoms with Crippen LogP contribution in [-0.4, -0.2) is 27.7 Å². The summed E-state index contributed by atoms with van der Waals surface area (Å²) >= 11 is 5.65. The van der Waals surface area contributed by atoms with Gasteiger partial charge in [-0.15, -0.1) is 0 Å². The average Bonchev–Trinajstić information content (AvgIpc) is 2.17. The molecule has 1 unspecified atom stereocenters. The van der Waals surface area contributed by atoms with Crippen LogP contribution in [0.15, 0.2) is 12.4 Å². The molecule has 0 aromatic carbocycles. The lowest BCUT2D eigenvalue weighted by Crippen LogP contribution is -2.12. The first-order chi connectivity index (χ1) is 6.72. The molecule has 0 saturated carbocycles. The summed E-state index contributed by atoms with van der Waals surface area (Å²) in [5.41, 5.74) is 0. The molecule has 0 spiro atoms. The highest BCUT2D eigenvalue weighted by molar-refractivity contribution is 6.29. The number of hydrogen-bond acceptors (Lipinski definition) is 4. The third-order valence-corrected chi connectivity index (χ3v) is 2.04. The number of anilines is 1. The normalized spacial score (nSPS) is 12.5. The summed E-state index contributed by atoms with van der Waals surface area (Å²) in [5.74, 6) is 0.640. The molecule has 0 aliphatic rings. The molecular weight excluding hydrogens is 202 g/mol. The molecule has 1 aromatic heterocycles. The maximum absolute atomic E-state index is 9.29. The number of hydrogen-bond donors (Lipinski definition) is 2. The quantitative estimate of drug-likeness (QED) is 0.785. The predicted octanol–water partition coefficient (Wildman–Crippen LogP) is 1.70. The first-order valence-corrected chi connectivity index (χ1v) is 4.99. The van der Waals surface area contributed by atoms with Crippen molar-refractivity contribution in [3.63, 3.8) is 0 Å². The molecule has 1 atom stereocenters. The van der Waals surface area contributed by atoms with Gasteiger partial charge < -0.3 is 10.4 Å². The van der Waals surface area contributed by atoms with Crippen molar-refractivity contribution in [1.82, 2.24) is 9.97 Å². The van der Waals surface area contributed by atoms with E-state index in [4.69, 9.17) is 11.6 Å². The van der Waals surface area contributed by atoms with Gasteiger partial charge in [-0.25, -0.2) is 4.98 Å². The number of nitrogens with one attached hydrogen (secondary N) is 1. The minimum atomic E-state index is -0.255. The number of halogens is 1. The summed E-state index contributed by atoms with van der Waals surface area (Å²) in [5, 5.41) is 12.7. The fourth-order valence-electron chi connectivity index (χ4n) is 0.998. The second-order valence-corrected chi connectivity index (χ2v) is 3.39. The van der Waals surface area contributed by atoms with E-state index < -0.39 is 0 Å². The minimum absolute atomic E-state index is 0.255. The lowest BCUT2D eigenvalue weighted by Gasteiger charge is -2.08. The lowest BCUT2D eigenvalue weighted by molar-refractivity contribution is 0.164. The zero-order valence-electron chi connectivity index (χ0n) is 8.07. The highest BCUT2D eigenvalue weighted by atomic mass is 35.5. The smallest absolute Gasteiger partial charge is 0.149 e. The first-order valence-electron chi connectivity index (χ1n) is 4.62. The second-order valence-electron chi connectivity index (χ2n) is 3.00. The molecule has 14 heavy (non-hydrogen) atoms. The van der Waals surface area contributed by atoms with E-state index in [1.807, 2.05) is 6.92 Å². The van der Waals surface area contributed by atoms with Crippen LogP contribution in [0.5, 0.6) is 0 Å². The molecule has 1 rings (SSSR count). The van der Waals surface area contributed by atoms with Gasteiger partial charge in [0.2, 0.25) is 0 Å². The monoisotopic (exact) mass is 215 g/mol. The Bertz CT molecular complexity index is 283. The molecule has 0 aliphatic heterocycles. The van der Waals surface area contributed by atoms with Crippen molar-refractivity contribution in [2.45, 2.75) is 25.9 Å². The van der Waals surface area contributed by atoms with Crippen LogP contribution in [0.4, 0.5) is 5.82 Å². The SMILES string of the molecule is CCC(O)CCNc1cncc(Cl)n1. The van der Waals surface area contributed by atoms with Crippen molar-refractivity contribution >= 4 is 17.4 Å². The van der Waals surface area contributed by atoms with Crippen LogP contribution >= 0.6 is 11.6 Å². The van der Waals surface area contributed by atoms with E-state index in [9.17, 15) is 5.11 Å². The number of aliphatic hydroxyl groups is 1. The predicted molar refractivity (Wildman–Crippen MR) is 56.4 cm³/mol. The highest BCUT2D eigenvalue weighted by Crippen LogP contribution is 2.07. The number of aliphatic hydroxyl groups excluding tert-OH is 1. The third-order valence-electron chi connectivity index (χ3n) is 1.86. The molecule has 0 amide bonds.